The second kappa shape index (κ2) is 9.43. The van der Waals surface area contributed by atoms with E-state index in [4.69, 9.17) is 10.8 Å². The van der Waals surface area contributed by atoms with Crippen LogP contribution in [0.5, 0.6) is 0 Å². The molecule has 0 aliphatic heterocycles. The number of carboxylic acids is 2. The second-order valence-corrected chi connectivity index (χ2v) is 7.59. The molecule has 2 aromatic rings. The highest BCUT2D eigenvalue weighted by molar-refractivity contribution is 8.76. The number of nitrogens with one attached hydrogen (secondary N) is 3. The highest BCUT2D eigenvalue weighted by Gasteiger charge is 2.22. The Balaban J connectivity index is 2.03. The van der Waals surface area contributed by atoms with Crippen LogP contribution < -0.4 is 11.1 Å². The Morgan fingerprint density at radius 1 is 1.07 bits per heavy atom. The highest BCUT2D eigenvalue weighted by Crippen LogP contribution is 2.38. The summed E-state index contributed by atoms with van der Waals surface area (Å²) < 4.78 is 0. The summed E-state index contributed by atoms with van der Waals surface area (Å²) >= 11 is 0. The summed E-state index contributed by atoms with van der Waals surface area (Å²) in [5.41, 5.74) is 6.68. The maximum atomic E-state index is 11.3. The van der Waals surface area contributed by atoms with E-state index in [9.17, 15) is 19.5 Å². The number of aromatic nitrogens is 4. The van der Waals surface area contributed by atoms with Gasteiger partial charge in [0, 0.05) is 19.8 Å². The molecule has 1 amide bonds. The van der Waals surface area contributed by atoms with Crippen molar-refractivity contribution >= 4 is 39.4 Å². The summed E-state index contributed by atoms with van der Waals surface area (Å²) in [5, 5.41) is 21.6. The molecule has 11 nitrogen and oxygen atoms in total. The molecule has 0 saturated carbocycles. The molecule has 2 atom stereocenters. The fraction of sp³-hybridized carbons (Fsp3) is 0.357. The lowest BCUT2D eigenvalue weighted by Crippen LogP contribution is -2.41. The van der Waals surface area contributed by atoms with Gasteiger partial charge < -0.3 is 31.2 Å². The van der Waals surface area contributed by atoms with Gasteiger partial charge in [-0.05, 0) is 21.6 Å². The third-order valence-electron chi connectivity index (χ3n) is 3.38. The maximum absolute atomic E-state index is 11.3. The number of imidazole rings is 2. The lowest BCUT2D eigenvalue weighted by atomic mass is 10.1. The van der Waals surface area contributed by atoms with Crippen molar-refractivity contribution in [1.29, 1.82) is 0 Å². The molecule has 0 aliphatic rings. The Kier molecular flexibility index (Phi) is 7.27. The molecule has 0 unspecified atom stereocenters. The Morgan fingerprint density at radius 3 is 2.04 bits per heavy atom. The quantitative estimate of drug-likeness (QED) is 0.289. The van der Waals surface area contributed by atoms with Crippen molar-refractivity contribution in [2.45, 2.75) is 41.9 Å². The SMILES string of the molecule is CC(=O)N[C@@H](Cc1[nH]cnc1SSc1nc[nH]c1C[C@H](N)C(=O)O)C(=O)O. The average Bonchev–Trinajstić information content (AvgIpc) is 3.20. The molecule has 0 aliphatic carbocycles. The van der Waals surface area contributed by atoms with Crippen molar-refractivity contribution in [3.8, 4) is 0 Å². The number of aliphatic carboxylic acids is 2. The van der Waals surface area contributed by atoms with Gasteiger partial charge in [-0.25, -0.2) is 14.8 Å². The Hall–Kier alpha value is -2.51. The smallest absolute Gasteiger partial charge is 0.326 e. The summed E-state index contributed by atoms with van der Waals surface area (Å²) in [4.78, 5) is 47.4. The highest BCUT2D eigenvalue weighted by atomic mass is 33.1. The van der Waals surface area contributed by atoms with Gasteiger partial charge in [0.1, 0.15) is 22.1 Å². The molecule has 2 heterocycles. The molecular weight excluding hydrogens is 396 g/mol. The molecule has 2 rings (SSSR count). The van der Waals surface area contributed by atoms with Crippen molar-refractivity contribution in [2.24, 2.45) is 5.73 Å². The molecule has 0 saturated heterocycles. The Morgan fingerprint density at radius 2 is 1.59 bits per heavy atom. The number of hydrogen-bond acceptors (Lipinski definition) is 8. The van der Waals surface area contributed by atoms with E-state index in [0.717, 1.165) is 0 Å². The van der Waals surface area contributed by atoms with Gasteiger partial charge in [0.2, 0.25) is 5.91 Å². The summed E-state index contributed by atoms with van der Waals surface area (Å²) in [6, 6.07) is -2.13. The van der Waals surface area contributed by atoms with Crippen LogP contribution in [0.15, 0.2) is 22.7 Å². The van der Waals surface area contributed by atoms with Crippen molar-refractivity contribution in [1.82, 2.24) is 25.3 Å². The number of rotatable bonds is 10. The summed E-state index contributed by atoms with van der Waals surface area (Å²) in [6.45, 7) is 1.25. The van der Waals surface area contributed by atoms with Crippen LogP contribution in [0.2, 0.25) is 0 Å². The zero-order valence-corrected chi connectivity index (χ0v) is 15.8. The number of amides is 1. The standard InChI is InChI=1S/C14H18N6O5S2/c1-6(21)20-10(14(24)25)3-9-12(19-5-17-9)27-26-11-8(16-4-18-11)2-7(15)13(22)23/h4-5,7,10H,2-3,15H2,1H3,(H,16,18)(H,17,19)(H,20,21)(H,22,23)(H,24,25)/t7-,10-/m0/s1. The molecule has 7 N–H and O–H groups in total. The van der Waals surface area contributed by atoms with Crippen LogP contribution in [0.1, 0.15) is 18.3 Å². The molecule has 146 valence electrons. The van der Waals surface area contributed by atoms with Gasteiger partial charge in [-0.2, -0.15) is 0 Å². The Labute approximate surface area is 161 Å². The van der Waals surface area contributed by atoms with E-state index in [1.54, 1.807) is 0 Å². The van der Waals surface area contributed by atoms with Gasteiger partial charge in [-0.1, -0.05) is 0 Å². The third-order valence-corrected chi connectivity index (χ3v) is 5.68. The first-order valence-corrected chi connectivity index (χ1v) is 9.80. The number of nitrogens with zero attached hydrogens (tertiary/aromatic N) is 2. The minimum atomic E-state index is -1.15. The first-order chi connectivity index (χ1) is 12.8. The fourth-order valence-corrected chi connectivity index (χ4v) is 4.26. The number of aromatic amines is 2. The average molecular weight is 414 g/mol. The van der Waals surface area contributed by atoms with E-state index < -0.39 is 29.9 Å². The zero-order valence-electron chi connectivity index (χ0n) is 14.1. The van der Waals surface area contributed by atoms with E-state index in [-0.39, 0.29) is 12.8 Å². The van der Waals surface area contributed by atoms with Gasteiger partial charge in [0.25, 0.3) is 0 Å². The van der Waals surface area contributed by atoms with Crippen LogP contribution in [-0.2, 0) is 27.2 Å². The summed E-state index contributed by atoms with van der Waals surface area (Å²) in [5.74, 6) is -2.71. The normalized spacial score (nSPS) is 13.1. The van der Waals surface area contributed by atoms with Gasteiger partial charge in [-0.15, -0.1) is 0 Å². The molecule has 0 bridgehead atoms. The molecule has 0 radical (unpaired) electrons. The predicted octanol–water partition coefficient (Wildman–Crippen LogP) is 0.0184. The molecule has 0 spiro atoms. The Bertz CT molecular complexity index is 823. The van der Waals surface area contributed by atoms with Crippen molar-refractivity contribution in [3.05, 3.63) is 24.0 Å². The van der Waals surface area contributed by atoms with Crippen LogP contribution in [0.3, 0.4) is 0 Å². The molecule has 0 fully saturated rings. The lowest BCUT2D eigenvalue weighted by molar-refractivity contribution is -0.141. The molecule has 13 heteroatoms. The summed E-state index contributed by atoms with van der Waals surface area (Å²) in [7, 11) is 2.47. The van der Waals surface area contributed by atoms with Gasteiger partial charge >= 0.3 is 11.9 Å². The van der Waals surface area contributed by atoms with Crippen molar-refractivity contribution in [3.63, 3.8) is 0 Å². The van der Waals surface area contributed by atoms with Gasteiger partial charge in [0.15, 0.2) is 0 Å². The molecule has 2 aromatic heterocycles. The molecule has 27 heavy (non-hydrogen) atoms. The number of carbonyl (C=O) groups is 3. The van der Waals surface area contributed by atoms with E-state index in [0.29, 0.717) is 21.4 Å². The number of carbonyl (C=O) groups excluding carboxylic acids is 1. The van der Waals surface area contributed by atoms with E-state index >= 15 is 0 Å². The van der Waals surface area contributed by atoms with Crippen molar-refractivity contribution < 1.29 is 24.6 Å². The predicted molar refractivity (Wildman–Crippen MR) is 97.1 cm³/mol. The van der Waals surface area contributed by atoms with Gasteiger partial charge in [-0.3, -0.25) is 9.59 Å². The zero-order chi connectivity index (χ0) is 20.0. The van der Waals surface area contributed by atoms with Gasteiger partial charge in [0.05, 0.1) is 24.0 Å². The van der Waals surface area contributed by atoms with Crippen molar-refractivity contribution in [2.75, 3.05) is 0 Å². The maximum Gasteiger partial charge on any atom is 0.326 e. The lowest BCUT2D eigenvalue weighted by Gasteiger charge is -2.12. The van der Waals surface area contributed by atoms with E-state index in [1.807, 2.05) is 0 Å². The number of hydrogen-bond donors (Lipinski definition) is 6. The first-order valence-electron chi connectivity index (χ1n) is 7.65. The van der Waals surface area contributed by atoms with Crippen LogP contribution in [0.4, 0.5) is 0 Å². The largest absolute Gasteiger partial charge is 0.480 e. The number of nitrogens with two attached hydrogens (primary N) is 1. The van der Waals surface area contributed by atoms with E-state index in [2.05, 4.69) is 25.3 Å². The third kappa shape index (κ3) is 6.01. The number of carboxylic acid groups (broad SMARTS) is 2. The molecular formula is C14H18N6O5S2. The number of H-pyrrole nitrogens is 2. The summed E-state index contributed by atoms with van der Waals surface area (Å²) in [6.07, 6.45) is 3.00. The topological polar surface area (TPSA) is 187 Å². The monoisotopic (exact) mass is 414 g/mol. The van der Waals surface area contributed by atoms with E-state index in [1.165, 1.54) is 41.2 Å². The molecule has 0 aromatic carbocycles. The second-order valence-electron chi connectivity index (χ2n) is 5.48. The van der Waals surface area contributed by atoms with Crippen LogP contribution in [0.25, 0.3) is 0 Å². The van der Waals surface area contributed by atoms with Crippen LogP contribution >= 0.6 is 21.6 Å². The van der Waals surface area contributed by atoms with Crippen LogP contribution in [0, 0.1) is 0 Å². The minimum Gasteiger partial charge on any atom is -0.480 e. The van der Waals surface area contributed by atoms with Crippen LogP contribution in [-0.4, -0.2) is 60.1 Å². The first kappa shape index (κ1) is 20.8. The minimum absolute atomic E-state index is 0.0368. The fourth-order valence-electron chi connectivity index (χ4n) is 2.09.